The van der Waals surface area contributed by atoms with Crippen molar-refractivity contribution in [3.05, 3.63) is 90.0 Å². The predicted molar refractivity (Wildman–Crippen MR) is 136 cm³/mol. The summed E-state index contributed by atoms with van der Waals surface area (Å²) in [5, 5.41) is 14.2. The summed E-state index contributed by atoms with van der Waals surface area (Å²) < 4.78 is 5.82. The average Bonchev–Trinajstić information content (AvgIpc) is 3.25. The summed E-state index contributed by atoms with van der Waals surface area (Å²) in [7, 11) is 0. The van der Waals surface area contributed by atoms with E-state index in [1.165, 1.54) is 5.56 Å². The van der Waals surface area contributed by atoms with Gasteiger partial charge in [0, 0.05) is 11.1 Å². The highest BCUT2D eigenvalue weighted by Crippen LogP contribution is 2.26. The van der Waals surface area contributed by atoms with Gasteiger partial charge in [-0.05, 0) is 59.7 Å². The number of aryl methyl sites for hydroxylation is 1. The molecule has 1 N–H and O–H groups in total. The Labute approximate surface area is 198 Å². The van der Waals surface area contributed by atoms with E-state index in [-0.39, 0.29) is 12.5 Å². The molecule has 0 spiro atoms. The fourth-order valence-corrected chi connectivity index (χ4v) is 3.96. The maximum atomic E-state index is 12.6. The summed E-state index contributed by atoms with van der Waals surface area (Å²) in [6.07, 6.45) is 0. The highest BCUT2D eigenvalue weighted by Gasteiger charge is 2.12. The molecule has 1 heterocycles. The molecule has 0 saturated heterocycles. The molecule has 0 bridgehead atoms. The molecule has 170 valence electrons. The number of benzene rings is 4. The molecule has 0 aliphatic carbocycles. The van der Waals surface area contributed by atoms with E-state index < -0.39 is 0 Å². The van der Waals surface area contributed by atoms with Crippen LogP contribution in [0.4, 0.5) is 5.69 Å². The summed E-state index contributed by atoms with van der Waals surface area (Å²) >= 11 is 0. The van der Waals surface area contributed by atoms with Crippen LogP contribution in [0.15, 0.2) is 78.9 Å². The minimum absolute atomic E-state index is 0.0830. The van der Waals surface area contributed by atoms with Crippen LogP contribution in [0, 0.1) is 6.92 Å². The van der Waals surface area contributed by atoms with Gasteiger partial charge in [0.15, 0.2) is 6.61 Å². The third kappa shape index (κ3) is 4.35. The van der Waals surface area contributed by atoms with Crippen LogP contribution in [0.1, 0.15) is 30.9 Å². The van der Waals surface area contributed by atoms with Crippen molar-refractivity contribution < 1.29 is 9.53 Å². The van der Waals surface area contributed by atoms with Crippen molar-refractivity contribution in [3.63, 3.8) is 0 Å². The number of carbonyl (C=O) groups is 1. The molecule has 5 rings (SSSR count). The molecule has 1 amide bonds. The summed E-state index contributed by atoms with van der Waals surface area (Å²) in [5.74, 6) is 0.927. The van der Waals surface area contributed by atoms with E-state index in [1.807, 2.05) is 73.7 Å². The van der Waals surface area contributed by atoms with Gasteiger partial charge in [-0.1, -0.05) is 62.4 Å². The van der Waals surface area contributed by atoms with Crippen LogP contribution >= 0.6 is 0 Å². The molecule has 0 unspecified atom stereocenters. The van der Waals surface area contributed by atoms with E-state index in [2.05, 4.69) is 41.5 Å². The summed E-state index contributed by atoms with van der Waals surface area (Å²) in [4.78, 5) is 14.3. The molecule has 0 aliphatic rings. The van der Waals surface area contributed by atoms with Crippen molar-refractivity contribution in [3.8, 4) is 11.4 Å². The second-order valence-electron chi connectivity index (χ2n) is 8.71. The van der Waals surface area contributed by atoms with Crippen molar-refractivity contribution in [2.45, 2.75) is 26.7 Å². The topological polar surface area (TPSA) is 69.0 Å². The van der Waals surface area contributed by atoms with E-state index in [1.54, 1.807) is 4.80 Å². The maximum absolute atomic E-state index is 12.6. The summed E-state index contributed by atoms with van der Waals surface area (Å²) in [6.45, 7) is 6.19. The number of fused-ring (bicyclic) bond motifs is 2. The van der Waals surface area contributed by atoms with Gasteiger partial charge in [-0.2, -0.15) is 4.80 Å². The number of ether oxygens (including phenoxy) is 1. The number of amides is 1. The number of hydrogen-bond acceptors (Lipinski definition) is 4. The summed E-state index contributed by atoms with van der Waals surface area (Å²) in [6, 6.07) is 25.8. The SMILES string of the molecule is Cc1cc2nn(-c3ccc(C(C)C)cc3)nc2cc1NC(=O)COc1cccc2ccccc12. The number of anilines is 1. The first-order chi connectivity index (χ1) is 16.5. The third-order valence-corrected chi connectivity index (χ3v) is 5.90. The fourth-order valence-electron chi connectivity index (χ4n) is 3.96. The first-order valence-corrected chi connectivity index (χ1v) is 11.4. The Bertz CT molecular complexity index is 1480. The Morgan fingerprint density at radius 1 is 0.941 bits per heavy atom. The van der Waals surface area contributed by atoms with Gasteiger partial charge in [0.25, 0.3) is 5.91 Å². The number of aromatic nitrogens is 3. The fraction of sp³-hybridized carbons (Fsp3) is 0.179. The van der Waals surface area contributed by atoms with E-state index in [4.69, 9.17) is 4.74 Å². The van der Waals surface area contributed by atoms with Gasteiger partial charge in [0.1, 0.15) is 16.8 Å². The zero-order chi connectivity index (χ0) is 23.7. The quantitative estimate of drug-likeness (QED) is 0.343. The molecule has 1 aromatic heterocycles. The Hall–Kier alpha value is -4.19. The lowest BCUT2D eigenvalue weighted by Gasteiger charge is -2.11. The number of carbonyl (C=O) groups excluding carboxylic acids is 1. The molecule has 0 aliphatic heterocycles. The van der Waals surface area contributed by atoms with Crippen LogP contribution in [0.3, 0.4) is 0 Å². The van der Waals surface area contributed by atoms with Crippen LogP contribution in [0.2, 0.25) is 0 Å². The van der Waals surface area contributed by atoms with E-state index >= 15 is 0 Å². The normalized spacial score (nSPS) is 11.3. The van der Waals surface area contributed by atoms with Gasteiger partial charge >= 0.3 is 0 Å². The van der Waals surface area contributed by atoms with Gasteiger partial charge in [-0.25, -0.2) is 0 Å². The minimum atomic E-state index is -0.230. The standard InChI is InChI=1S/C28H26N4O2/c1-18(2)20-11-13-22(14-12-20)32-30-25-15-19(3)24(16-26(25)31-32)29-28(33)17-34-27-10-6-8-21-7-4-5-9-23(21)27/h4-16,18H,17H2,1-3H3,(H,29,33). The molecular formula is C28H26N4O2. The Kier molecular flexibility index (Phi) is 5.72. The maximum Gasteiger partial charge on any atom is 0.262 e. The molecular weight excluding hydrogens is 424 g/mol. The van der Waals surface area contributed by atoms with Crippen molar-refractivity contribution in [2.24, 2.45) is 0 Å². The van der Waals surface area contributed by atoms with Crippen LogP contribution in [0.25, 0.3) is 27.5 Å². The second-order valence-corrected chi connectivity index (χ2v) is 8.71. The molecule has 0 fully saturated rings. The van der Waals surface area contributed by atoms with E-state index in [0.29, 0.717) is 22.9 Å². The molecule has 0 saturated carbocycles. The van der Waals surface area contributed by atoms with Crippen LogP contribution in [0.5, 0.6) is 5.75 Å². The average molecular weight is 451 g/mol. The zero-order valence-corrected chi connectivity index (χ0v) is 19.4. The lowest BCUT2D eigenvalue weighted by molar-refractivity contribution is -0.118. The van der Waals surface area contributed by atoms with Crippen LogP contribution in [-0.2, 0) is 4.79 Å². The van der Waals surface area contributed by atoms with E-state index in [9.17, 15) is 4.79 Å². The van der Waals surface area contributed by atoms with Gasteiger partial charge in [0.05, 0.1) is 5.69 Å². The number of nitrogens with one attached hydrogen (secondary N) is 1. The molecule has 0 radical (unpaired) electrons. The summed E-state index contributed by atoms with van der Waals surface area (Å²) in [5.41, 5.74) is 5.26. The zero-order valence-electron chi connectivity index (χ0n) is 19.4. The largest absolute Gasteiger partial charge is 0.483 e. The first-order valence-electron chi connectivity index (χ1n) is 11.4. The van der Waals surface area contributed by atoms with Gasteiger partial charge in [-0.3, -0.25) is 4.79 Å². The molecule has 0 atom stereocenters. The Balaban J connectivity index is 1.32. The molecule has 6 nitrogen and oxygen atoms in total. The highest BCUT2D eigenvalue weighted by molar-refractivity contribution is 5.95. The van der Waals surface area contributed by atoms with Crippen molar-refractivity contribution in [1.29, 1.82) is 0 Å². The van der Waals surface area contributed by atoms with Gasteiger partial charge in [-0.15, -0.1) is 10.2 Å². The monoisotopic (exact) mass is 450 g/mol. The predicted octanol–water partition coefficient (Wildman–Crippen LogP) is 6.02. The number of nitrogens with zero attached hydrogens (tertiary/aromatic N) is 3. The van der Waals surface area contributed by atoms with Crippen LogP contribution < -0.4 is 10.1 Å². The molecule has 6 heteroatoms. The Morgan fingerprint density at radius 2 is 1.65 bits per heavy atom. The van der Waals surface area contributed by atoms with E-state index in [0.717, 1.165) is 27.5 Å². The molecule has 34 heavy (non-hydrogen) atoms. The number of hydrogen-bond donors (Lipinski definition) is 1. The smallest absolute Gasteiger partial charge is 0.262 e. The van der Waals surface area contributed by atoms with Crippen molar-refractivity contribution >= 4 is 33.4 Å². The highest BCUT2D eigenvalue weighted by atomic mass is 16.5. The lowest BCUT2D eigenvalue weighted by Crippen LogP contribution is -2.20. The third-order valence-electron chi connectivity index (χ3n) is 5.90. The first kappa shape index (κ1) is 21.6. The minimum Gasteiger partial charge on any atom is -0.483 e. The van der Waals surface area contributed by atoms with Gasteiger partial charge < -0.3 is 10.1 Å². The van der Waals surface area contributed by atoms with Crippen LogP contribution in [-0.4, -0.2) is 27.5 Å². The van der Waals surface area contributed by atoms with Gasteiger partial charge in [0.2, 0.25) is 0 Å². The lowest BCUT2D eigenvalue weighted by atomic mass is 10.0. The van der Waals surface area contributed by atoms with Crippen molar-refractivity contribution in [1.82, 2.24) is 15.0 Å². The molecule has 5 aromatic rings. The number of rotatable bonds is 6. The Morgan fingerprint density at radius 3 is 2.41 bits per heavy atom. The molecule has 4 aromatic carbocycles. The van der Waals surface area contributed by atoms with Crippen molar-refractivity contribution in [2.75, 3.05) is 11.9 Å². The second kappa shape index (κ2) is 8.98.